The third-order valence-corrected chi connectivity index (χ3v) is 7.53. The Balaban J connectivity index is 0.00000353. The second-order valence-electron chi connectivity index (χ2n) is 10.4. The number of nitrogens with zero attached hydrogens (tertiary/aromatic N) is 2. The number of nitrogens with two attached hydrogens (primary N) is 2. The van der Waals surface area contributed by atoms with Crippen molar-refractivity contribution in [1.29, 1.82) is 0 Å². The van der Waals surface area contributed by atoms with Crippen LogP contribution in [0.5, 0.6) is 23.0 Å². The molecule has 3 aromatic rings. The van der Waals surface area contributed by atoms with Crippen LogP contribution in [-0.2, 0) is 0 Å². The maximum atomic E-state index is 6.26. The number of ether oxygens (including phenoxy) is 2. The van der Waals surface area contributed by atoms with Crippen LogP contribution >= 0.6 is 12.4 Å². The lowest BCUT2D eigenvalue weighted by Gasteiger charge is -2.20. The number of hydrogen-bond donors (Lipinski definition) is 2. The molecule has 0 unspecified atom stereocenters. The van der Waals surface area contributed by atoms with Gasteiger partial charge in [-0.15, -0.1) is 12.4 Å². The predicted molar refractivity (Wildman–Crippen MR) is 162 cm³/mol. The van der Waals surface area contributed by atoms with Gasteiger partial charge in [-0.1, -0.05) is 38.5 Å². The van der Waals surface area contributed by atoms with E-state index in [1.54, 1.807) is 0 Å². The van der Waals surface area contributed by atoms with E-state index in [0.717, 1.165) is 71.7 Å². The number of hydrogen-bond acceptors (Lipinski definition) is 4. The Morgan fingerprint density at radius 2 is 0.769 bits per heavy atom. The van der Waals surface area contributed by atoms with Gasteiger partial charge in [-0.3, -0.25) is 0 Å². The zero-order valence-electron chi connectivity index (χ0n) is 22.4. The lowest BCUT2D eigenvalue weighted by Crippen LogP contribution is -2.25. The van der Waals surface area contributed by atoms with Crippen molar-refractivity contribution in [2.75, 3.05) is 0 Å². The van der Waals surface area contributed by atoms with Crippen molar-refractivity contribution in [1.82, 2.24) is 0 Å². The average Bonchev–Trinajstić information content (AvgIpc) is 2.97. The van der Waals surface area contributed by atoms with E-state index in [0.29, 0.717) is 11.8 Å². The molecule has 5 rings (SSSR count). The molecule has 4 N–H and O–H groups in total. The third kappa shape index (κ3) is 8.24. The number of aliphatic imine (C=N–C) groups is 2. The van der Waals surface area contributed by atoms with Gasteiger partial charge in [0, 0.05) is 11.8 Å². The molecule has 7 heteroatoms. The van der Waals surface area contributed by atoms with Gasteiger partial charge in [0.2, 0.25) is 0 Å². The predicted octanol–water partition coefficient (Wildman–Crippen LogP) is 8.83. The quantitative estimate of drug-likeness (QED) is 0.218. The van der Waals surface area contributed by atoms with Gasteiger partial charge in [0.15, 0.2) is 0 Å². The summed E-state index contributed by atoms with van der Waals surface area (Å²) >= 11 is 0. The molecule has 0 spiro atoms. The fourth-order valence-corrected chi connectivity index (χ4v) is 5.30. The molecule has 0 saturated heterocycles. The summed E-state index contributed by atoms with van der Waals surface area (Å²) in [6.45, 7) is 0. The fourth-order valence-electron chi connectivity index (χ4n) is 5.30. The Morgan fingerprint density at radius 3 is 1.08 bits per heavy atom. The van der Waals surface area contributed by atoms with E-state index in [2.05, 4.69) is 9.98 Å². The van der Waals surface area contributed by atoms with E-state index in [1.807, 2.05) is 72.8 Å². The van der Waals surface area contributed by atoms with Crippen LogP contribution in [0.1, 0.15) is 64.2 Å². The highest BCUT2D eigenvalue weighted by Gasteiger charge is 2.18. The van der Waals surface area contributed by atoms with E-state index in [-0.39, 0.29) is 12.4 Å². The summed E-state index contributed by atoms with van der Waals surface area (Å²) in [6.07, 6.45) is 12.2. The van der Waals surface area contributed by atoms with Crippen molar-refractivity contribution in [2.45, 2.75) is 64.2 Å². The Bertz CT molecular complexity index is 1130. The van der Waals surface area contributed by atoms with E-state index >= 15 is 0 Å². The van der Waals surface area contributed by atoms with E-state index in [4.69, 9.17) is 20.9 Å². The van der Waals surface area contributed by atoms with Crippen LogP contribution in [0.25, 0.3) is 0 Å². The summed E-state index contributed by atoms with van der Waals surface area (Å²) < 4.78 is 12.0. The Kier molecular flexibility index (Phi) is 10.3. The molecular formula is C32H39ClN4O2. The zero-order chi connectivity index (χ0) is 26.2. The summed E-state index contributed by atoms with van der Waals surface area (Å²) in [7, 11) is 0. The van der Waals surface area contributed by atoms with Crippen molar-refractivity contribution < 1.29 is 9.47 Å². The molecule has 0 aliphatic heterocycles. The molecule has 2 fully saturated rings. The van der Waals surface area contributed by atoms with Gasteiger partial charge < -0.3 is 20.9 Å². The SMILES string of the molecule is Cl.NC(=Nc1ccc(Oc2ccc(Oc3ccc(N=C(N)C4CCCCC4)cc3)cc2)cc1)C1CCCCC1. The second-order valence-corrected chi connectivity index (χ2v) is 10.4. The molecule has 3 aromatic carbocycles. The molecule has 0 heterocycles. The summed E-state index contributed by atoms with van der Waals surface area (Å²) in [5.41, 5.74) is 14.2. The van der Waals surface area contributed by atoms with Gasteiger partial charge in [0.25, 0.3) is 0 Å². The minimum absolute atomic E-state index is 0. The van der Waals surface area contributed by atoms with Crippen molar-refractivity contribution in [2.24, 2.45) is 33.3 Å². The summed E-state index contributed by atoms with van der Waals surface area (Å²) in [4.78, 5) is 9.26. The Hall–Kier alpha value is -3.51. The van der Waals surface area contributed by atoms with Crippen molar-refractivity contribution >= 4 is 35.5 Å². The van der Waals surface area contributed by atoms with Gasteiger partial charge in [0.1, 0.15) is 34.7 Å². The maximum absolute atomic E-state index is 6.26. The Morgan fingerprint density at radius 1 is 0.487 bits per heavy atom. The smallest absolute Gasteiger partial charge is 0.127 e. The standard InChI is InChI=1S/C32H38N4O2.ClH/c33-31(23-7-3-1-4-8-23)35-25-11-15-27(16-12-25)37-29-19-21-30(22-20-29)38-28-17-13-26(14-18-28)36-32(34)24-9-5-2-6-10-24;/h11-24H,1-10H2,(H2,33,35)(H2,34,36);1H. The van der Waals surface area contributed by atoms with Gasteiger partial charge in [-0.05, 0) is 98.5 Å². The number of rotatable bonds is 8. The van der Waals surface area contributed by atoms with Crippen LogP contribution in [0.4, 0.5) is 11.4 Å². The molecular weight excluding hydrogens is 508 g/mol. The van der Waals surface area contributed by atoms with E-state index in [1.165, 1.54) is 38.5 Å². The average molecular weight is 547 g/mol. The van der Waals surface area contributed by atoms with Gasteiger partial charge in [-0.25, -0.2) is 9.98 Å². The molecule has 2 aliphatic carbocycles. The molecule has 0 radical (unpaired) electrons. The monoisotopic (exact) mass is 546 g/mol. The first kappa shape index (κ1) is 28.5. The zero-order valence-corrected chi connectivity index (χ0v) is 23.2. The first-order valence-electron chi connectivity index (χ1n) is 14.0. The normalized spacial score (nSPS) is 17.3. The van der Waals surface area contributed by atoms with Gasteiger partial charge in [0.05, 0.1) is 11.4 Å². The van der Waals surface area contributed by atoms with Gasteiger partial charge in [-0.2, -0.15) is 0 Å². The summed E-state index contributed by atoms with van der Waals surface area (Å²) in [5, 5.41) is 0. The highest BCUT2D eigenvalue weighted by Crippen LogP contribution is 2.30. The molecule has 2 saturated carbocycles. The fraction of sp³-hybridized carbons (Fsp3) is 0.375. The second kappa shape index (κ2) is 14.0. The molecule has 0 atom stereocenters. The molecule has 0 bridgehead atoms. The molecule has 206 valence electrons. The van der Waals surface area contributed by atoms with Crippen molar-refractivity contribution in [3.63, 3.8) is 0 Å². The summed E-state index contributed by atoms with van der Waals surface area (Å²) in [6, 6.07) is 23.0. The number of benzene rings is 3. The van der Waals surface area contributed by atoms with Crippen LogP contribution < -0.4 is 20.9 Å². The first-order valence-corrected chi connectivity index (χ1v) is 14.0. The largest absolute Gasteiger partial charge is 0.457 e. The van der Waals surface area contributed by atoms with Gasteiger partial charge >= 0.3 is 0 Å². The highest BCUT2D eigenvalue weighted by atomic mass is 35.5. The highest BCUT2D eigenvalue weighted by molar-refractivity contribution is 5.86. The lowest BCUT2D eigenvalue weighted by molar-refractivity contribution is 0.437. The van der Waals surface area contributed by atoms with Crippen LogP contribution in [0, 0.1) is 11.8 Å². The number of amidine groups is 2. The minimum atomic E-state index is 0. The van der Waals surface area contributed by atoms with Crippen molar-refractivity contribution in [3.8, 4) is 23.0 Å². The maximum Gasteiger partial charge on any atom is 0.127 e. The molecule has 0 amide bonds. The summed E-state index contributed by atoms with van der Waals surface area (Å²) in [5.74, 6) is 5.29. The van der Waals surface area contributed by atoms with E-state index < -0.39 is 0 Å². The Labute approximate surface area is 237 Å². The third-order valence-electron chi connectivity index (χ3n) is 7.53. The van der Waals surface area contributed by atoms with Crippen LogP contribution in [0.3, 0.4) is 0 Å². The van der Waals surface area contributed by atoms with Crippen LogP contribution in [0.15, 0.2) is 82.8 Å². The first-order chi connectivity index (χ1) is 18.6. The minimum Gasteiger partial charge on any atom is -0.457 e. The molecule has 0 aromatic heterocycles. The molecule has 6 nitrogen and oxygen atoms in total. The number of halogens is 1. The van der Waals surface area contributed by atoms with Crippen LogP contribution in [0.2, 0.25) is 0 Å². The topological polar surface area (TPSA) is 95.2 Å². The van der Waals surface area contributed by atoms with Crippen molar-refractivity contribution in [3.05, 3.63) is 72.8 Å². The molecule has 39 heavy (non-hydrogen) atoms. The van der Waals surface area contributed by atoms with E-state index in [9.17, 15) is 0 Å². The lowest BCUT2D eigenvalue weighted by atomic mass is 9.88. The molecule has 2 aliphatic rings. The van der Waals surface area contributed by atoms with Crippen LogP contribution in [-0.4, -0.2) is 11.7 Å².